The third-order valence-corrected chi connectivity index (χ3v) is 5.89. The van der Waals surface area contributed by atoms with Crippen molar-refractivity contribution in [2.45, 2.75) is 27.7 Å². The number of nitro groups is 1. The van der Waals surface area contributed by atoms with Gasteiger partial charge in [0.1, 0.15) is 16.3 Å². The van der Waals surface area contributed by atoms with Gasteiger partial charge in [-0.1, -0.05) is 17.7 Å². The number of hydrogen-bond acceptors (Lipinski definition) is 7. The summed E-state index contributed by atoms with van der Waals surface area (Å²) in [6.07, 6.45) is 0. The normalized spacial score (nSPS) is 10.5. The van der Waals surface area contributed by atoms with Crippen molar-refractivity contribution in [2.24, 2.45) is 0 Å². The molecule has 1 amide bonds. The molecule has 0 spiro atoms. The number of anilines is 1. The molecule has 1 aromatic heterocycles. The molecule has 172 valence electrons. The molecule has 0 aliphatic rings. The zero-order valence-corrected chi connectivity index (χ0v) is 19.6. The minimum Gasteiger partial charge on any atom is -0.483 e. The maximum absolute atomic E-state index is 12.8. The molecule has 0 aliphatic heterocycles. The van der Waals surface area contributed by atoms with E-state index in [2.05, 4.69) is 5.32 Å². The van der Waals surface area contributed by atoms with Crippen molar-refractivity contribution in [3.8, 4) is 16.9 Å². The summed E-state index contributed by atoms with van der Waals surface area (Å²) in [4.78, 5) is 36.6. The monoisotopic (exact) mass is 468 g/mol. The first-order valence-electron chi connectivity index (χ1n) is 10.3. The second-order valence-corrected chi connectivity index (χ2v) is 8.59. The molecule has 0 saturated carbocycles. The standard InChI is InChI=1S/C24H24N2O6S/c1-5-31-24(28)22-21(17-7-9-18(10-8-17)26(29)30)16(4)33-23(22)25-20(27)13-32-19-11-6-14(2)12-15(19)3/h6-12H,5,13H2,1-4H3,(H,25,27). The summed E-state index contributed by atoms with van der Waals surface area (Å²) >= 11 is 1.23. The number of ether oxygens (including phenoxy) is 2. The number of benzene rings is 2. The van der Waals surface area contributed by atoms with Crippen LogP contribution in [0, 0.1) is 30.9 Å². The fourth-order valence-electron chi connectivity index (χ4n) is 3.40. The summed E-state index contributed by atoms with van der Waals surface area (Å²) in [5.74, 6) is -0.395. The number of nitro benzene ring substituents is 1. The van der Waals surface area contributed by atoms with Crippen LogP contribution in [0.25, 0.3) is 11.1 Å². The molecule has 3 rings (SSSR count). The number of nitrogens with zero attached hydrogens (tertiary/aromatic N) is 1. The molecule has 1 N–H and O–H groups in total. The van der Waals surface area contributed by atoms with E-state index in [1.54, 1.807) is 19.1 Å². The summed E-state index contributed by atoms with van der Waals surface area (Å²) in [5, 5.41) is 14.1. The van der Waals surface area contributed by atoms with Gasteiger partial charge < -0.3 is 14.8 Å². The van der Waals surface area contributed by atoms with Gasteiger partial charge in [-0.25, -0.2) is 4.79 Å². The van der Waals surface area contributed by atoms with Gasteiger partial charge in [-0.15, -0.1) is 11.3 Å². The zero-order chi connectivity index (χ0) is 24.1. The lowest BCUT2D eigenvalue weighted by molar-refractivity contribution is -0.384. The molecule has 0 saturated heterocycles. The number of carbonyl (C=O) groups excluding carboxylic acids is 2. The van der Waals surface area contributed by atoms with Crippen LogP contribution in [0.5, 0.6) is 5.75 Å². The third kappa shape index (κ3) is 5.56. The van der Waals surface area contributed by atoms with Crippen LogP contribution < -0.4 is 10.1 Å². The lowest BCUT2D eigenvalue weighted by Gasteiger charge is -2.11. The predicted octanol–water partition coefficient (Wildman–Crippen LogP) is 5.44. The molecular formula is C24H24N2O6S. The van der Waals surface area contributed by atoms with Crippen molar-refractivity contribution >= 4 is 33.9 Å². The lowest BCUT2D eigenvalue weighted by Crippen LogP contribution is -2.21. The van der Waals surface area contributed by atoms with Gasteiger partial charge in [0, 0.05) is 22.6 Å². The van der Waals surface area contributed by atoms with Crippen molar-refractivity contribution in [1.82, 2.24) is 0 Å². The molecule has 3 aromatic rings. The first-order chi connectivity index (χ1) is 15.7. The van der Waals surface area contributed by atoms with Gasteiger partial charge in [0.25, 0.3) is 11.6 Å². The van der Waals surface area contributed by atoms with Crippen LogP contribution in [0.3, 0.4) is 0 Å². The van der Waals surface area contributed by atoms with Gasteiger partial charge in [-0.3, -0.25) is 14.9 Å². The molecular weight excluding hydrogens is 444 g/mol. The van der Waals surface area contributed by atoms with E-state index in [4.69, 9.17) is 9.47 Å². The average molecular weight is 469 g/mol. The molecule has 0 fully saturated rings. The largest absolute Gasteiger partial charge is 0.483 e. The van der Waals surface area contributed by atoms with Crippen LogP contribution in [-0.2, 0) is 9.53 Å². The summed E-state index contributed by atoms with van der Waals surface area (Å²) in [6, 6.07) is 11.6. The molecule has 1 heterocycles. The molecule has 33 heavy (non-hydrogen) atoms. The number of nitrogens with one attached hydrogen (secondary N) is 1. The fraction of sp³-hybridized carbons (Fsp3) is 0.250. The van der Waals surface area contributed by atoms with Gasteiger partial charge >= 0.3 is 5.97 Å². The van der Waals surface area contributed by atoms with Crippen molar-refractivity contribution in [3.63, 3.8) is 0 Å². The van der Waals surface area contributed by atoms with Gasteiger partial charge in [-0.2, -0.15) is 0 Å². The van der Waals surface area contributed by atoms with Crippen molar-refractivity contribution in [2.75, 3.05) is 18.5 Å². The number of non-ortho nitro benzene ring substituents is 1. The van der Waals surface area contributed by atoms with Gasteiger partial charge in [0.2, 0.25) is 0 Å². The third-order valence-electron chi connectivity index (χ3n) is 4.87. The highest BCUT2D eigenvalue weighted by molar-refractivity contribution is 7.17. The summed E-state index contributed by atoms with van der Waals surface area (Å²) in [5.41, 5.74) is 3.36. The van der Waals surface area contributed by atoms with Crippen LogP contribution >= 0.6 is 11.3 Å². The van der Waals surface area contributed by atoms with E-state index in [0.29, 0.717) is 21.9 Å². The van der Waals surface area contributed by atoms with E-state index < -0.39 is 16.8 Å². The van der Waals surface area contributed by atoms with Crippen LogP contribution in [0.4, 0.5) is 10.7 Å². The van der Waals surface area contributed by atoms with Crippen molar-refractivity contribution in [1.29, 1.82) is 0 Å². The Morgan fingerprint density at radius 3 is 2.39 bits per heavy atom. The Balaban J connectivity index is 1.88. The number of aryl methyl sites for hydroxylation is 3. The van der Waals surface area contributed by atoms with Gasteiger partial charge in [0.15, 0.2) is 6.61 Å². The highest BCUT2D eigenvalue weighted by Gasteiger charge is 2.26. The number of rotatable bonds is 8. The van der Waals surface area contributed by atoms with E-state index in [1.165, 1.54) is 23.5 Å². The first-order valence-corrected chi connectivity index (χ1v) is 11.1. The average Bonchev–Trinajstić information content (AvgIpc) is 3.08. The van der Waals surface area contributed by atoms with Gasteiger partial charge in [0.05, 0.1) is 11.5 Å². The Morgan fingerprint density at radius 2 is 1.79 bits per heavy atom. The molecule has 0 radical (unpaired) electrons. The SMILES string of the molecule is CCOC(=O)c1c(NC(=O)COc2ccc(C)cc2C)sc(C)c1-c1ccc([N+](=O)[O-])cc1. The molecule has 8 nitrogen and oxygen atoms in total. The van der Waals surface area contributed by atoms with E-state index in [1.807, 2.05) is 39.0 Å². The quantitative estimate of drug-likeness (QED) is 0.268. The maximum Gasteiger partial charge on any atom is 0.341 e. The molecule has 0 aliphatic carbocycles. The Hall–Kier alpha value is -3.72. The number of thiophene rings is 1. The van der Waals surface area contributed by atoms with Gasteiger partial charge in [-0.05, 0) is 57.0 Å². The zero-order valence-electron chi connectivity index (χ0n) is 18.8. The van der Waals surface area contributed by atoms with Crippen LogP contribution in [0.15, 0.2) is 42.5 Å². The summed E-state index contributed by atoms with van der Waals surface area (Å²) in [6.45, 7) is 7.32. The highest BCUT2D eigenvalue weighted by atomic mass is 32.1. The molecule has 0 bridgehead atoms. The minimum absolute atomic E-state index is 0.0543. The Morgan fingerprint density at radius 1 is 1.09 bits per heavy atom. The van der Waals surface area contributed by atoms with Crippen LogP contribution in [0.2, 0.25) is 0 Å². The Bertz CT molecular complexity index is 1200. The summed E-state index contributed by atoms with van der Waals surface area (Å²) in [7, 11) is 0. The second kappa shape index (κ2) is 10.3. The smallest absolute Gasteiger partial charge is 0.341 e. The molecule has 0 unspecified atom stereocenters. The predicted molar refractivity (Wildman–Crippen MR) is 127 cm³/mol. The van der Waals surface area contributed by atoms with E-state index in [9.17, 15) is 19.7 Å². The highest BCUT2D eigenvalue weighted by Crippen LogP contribution is 2.40. The van der Waals surface area contributed by atoms with Crippen LogP contribution in [-0.4, -0.2) is 30.0 Å². The minimum atomic E-state index is -0.583. The van der Waals surface area contributed by atoms with E-state index in [0.717, 1.165) is 16.0 Å². The topological polar surface area (TPSA) is 108 Å². The molecule has 0 atom stereocenters. The summed E-state index contributed by atoms with van der Waals surface area (Å²) < 4.78 is 10.9. The lowest BCUT2D eigenvalue weighted by atomic mass is 10.0. The maximum atomic E-state index is 12.8. The second-order valence-electron chi connectivity index (χ2n) is 7.37. The number of hydrogen-bond donors (Lipinski definition) is 1. The van der Waals surface area contributed by atoms with Crippen molar-refractivity contribution in [3.05, 3.63) is 74.1 Å². The first kappa shape index (κ1) is 23.9. The Kier molecular flexibility index (Phi) is 7.44. The number of esters is 1. The van der Waals surface area contributed by atoms with E-state index in [-0.39, 0.29) is 24.5 Å². The van der Waals surface area contributed by atoms with Crippen LogP contribution in [0.1, 0.15) is 33.3 Å². The molecule has 9 heteroatoms. The van der Waals surface area contributed by atoms with Crippen molar-refractivity contribution < 1.29 is 24.0 Å². The Labute approximate surface area is 195 Å². The fourth-order valence-corrected chi connectivity index (χ4v) is 4.48. The van der Waals surface area contributed by atoms with E-state index >= 15 is 0 Å². The number of amides is 1. The molecule has 2 aromatic carbocycles. The number of carbonyl (C=O) groups is 2.